The van der Waals surface area contributed by atoms with Crippen molar-refractivity contribution in [3.63, 3.8) is 0 Å². The minimum absolute atomic E-state index is 0.0248. The number of rotatable bonds is 5. The number of hydrogen-bond donors (Lipinski definition) is 0. The third-order valence-corrected chi connectivity index (χ3v) is 8.72. The molecule has 1 aliphatic heterocycles. The van der Waals surface area contributed by atoms with E-state index >= 15 is 0 Å². The van der Waals surface area contributed by atoms with Crippen LogP contribution in [0.25, 0.3) is 0 Å². The molecule has 1 atom stereocenters. The molecule has 34 heavy (non-hydrogen) atoms. The van der Waals surface area contributed by atoms with Crippen LogP contribution in [0.5, 0.6) is 0 Å². The summed E-state index contributed by atoms with van der Waals surface area (Å²) in [6.45, 7) is 7.30. The van der Waals surface area contributed by atoms with Gasteiger partial charge in [-0.3, -0.25) is 0 Å². The van der Waals surface area contributed by atoms with E-state index < -0.39 is 7.92 Å². The summed E-state index contributed by atoms with van der Waals surface area (Å²) in [5.74, 6) is 0.750. The van der Waals surface area contributed by atoms with Crippen molar-refractivity contribution in [3.8, 4) is 0 Å². The van der Waals surface area contributed by atoms with E-state index in [1.807, 2.05) is 0 Å². The molecule has 1 heterocycles. The summed E-state index contributed by atoms with van der Waals surface area (Å²) in [6, 6.07) is 39.0. The zero-order chi connectivity index (χ0) is 23.5. The maximum atomic E-state index is 6.23. The fourth-order valence-electron chi connectivity index (χ4n) is 4.33. The van der Waals surface area contributed by atoms with Gasteiger partial charge in [-0.1, -0.05) is 124 Å². The molecule has 0 spiro atoms. The summed E-state index contributed by atoms with van der Waals surface area (Å²) in [4.78, 5) is 5.06. The van der Waals surface area contributed by atoms with Crippen molar-refractivity contribution in [1.29, 1.82) is 0 Å². The van der Waals surface area contributed by atoms with Gasteiger partial charge in [0.05, 0.1) is 0 Å². The second kappa shape index (κ2) is 9.57. The molecular weight excluding hydrogens is 433 g/mol. The van der Waals surface area contributed by atoms with Crippen LogP contribution in [0.1, 0.15) is 43.5 Å². The van der Waals surface area contributed by atoms with Gasteiger partial charge in [0.1, 0.15) is 12.6 Å². The van der Waals surface area contributed by atoms with Gasteiger partial charge >= 0.3 is 0 Å². The van der Waals surface area contributed by atoms with Crippen molar-refractivity contribution in [1.82, 2.24) is 0 Å². The number of benzene rings is 4. The molecule has 3 heteroatoms. The van der Waals surface area contributed by atoms with Crippen LogP contribution in [0.15, 0.2) is 114 Å². The summed E-state index contributed by atoms with van der Waals surface area (Å²) in [6.07, 6.45) is 0. The third kappa shape index (κ3) is 4.69. The maximum absolute atomic E-state index is 6.23. The van der Waals surface area contributed by atoms with Gasteiger partial charge in [0.15, 0.2) is 0 Å². The van der Waals surface area contributed by atoms with E-state index in [0.29, 0.717) is 6.61 Å². The molecular formula is C31H30NOP. The highest BCUT2D eigenvalue weighted by Crippen LogP contribution is 2.35. The van der Waals surface area contributed by atoms with E-state index in [2.05, 4.69) is 130 Å². The Balaban J connectivity index is 1.53. The predicted molar refractivity (Wildman–Crippen MR) is 146 cm³/mol. The second-order valence-corrected chi connectivity index (χ2v) is 11.8. The fraction of sp³-hybridized carbons (Fsp3) is 0.194. The zero-order valence-corrected chi connectivity index (χ0v) is 20.9. The molecule has 1 aliphatic rings. The average molecular weight is 464 g/mol. The molecule has 0 saturated heterocycles. The van der Waals surface area contributed by atoms with Crippen LogP contribution in [-0.2, 0) is 10.2 Å². The largest absolute Gasteiger partial charge is 0.475 e. The molecule has 2 nitrogen and oxygen atoms in total. The summed E-state index contributed by atoms with van der Waals surface area (Å²) < 4.78 is 6.23. The van der Waals surface area contributed by atoms with Crippen molar-refractivity contribution in [2.45, 2.75) is 32.2 Å². The standard InChI is InChI=1S/C31H30NOP/c1-31(2,3)24-20-18-23(19-21-24)28-22-33-30(32-28)27-16-10-11-17-29(27)34(25-12-6-4-7-13-25)26-14-8-5-9-15-26/h4-21,28H,22H2,1-3H3/t28-/m0/s1. The Morgan fingerprint density at radius 2 is 1.26 bits per heavy atom. The normalized spacial score (nSPS) is 15.8. The minimum atomic E-state index is -0.730. The van der Waals surface area contributed by atoms with Crippen molar-refractivity contribution in [2.75, 3.05) is 6.61 Å². The quantitative estimate of drug-likeness (QED) is 0.320. The van der Waals surface area contributed by atoms with Crippen molar-refractivity contribution < 1.29 is 4.74 Å². The van der Waals surface area contributed by atoms with Gasteiger partial charge in [-0.25, -0.2) is 4.99 Å². The Hall–Kier alpha value is -3.22. The van der Waals surface area contributed by atoms with Gasteiger partial charge in [-0.2, -0.15) is 0 Å². The highest BCUT2D eigenvalue weighted by atomic mass is 31.1. The minimum Gasteiger partial charge on any atom is -0.475 e. The zero-order valence-electron chi connectivity index (χ0n) is 20.0. The van der Waals surface area contributed by atoms with Gasteiger partial charge in [0.2, 0.25) is 5.90 Å². The van der Waals surface area contributed by atoms with E-state index in [1.54, 1.807) is 0 Å². The van der Waals surface area contributed by atoms with Crippen molar-refractivity contribution in [2.24, 2.45) is 4.99 Å². The van der Waals surface area contributed by atoms with E-state index in [-0.39, 0.29) is 11.5 Å². The summed E-state index contributed by atoms with van der Waals surface area (Å²) in [5.41, 5.74) is 3.77. The third-order valence-electron chi connectivity index (χ3n) is 6.22. The molecule has 0 unspecified atom stereocenters. The van der Waals surface area contributed by atoms with E-state index in [1.165, 1.54) is 27.0 Å². The van der Waals surface area contributed by atoms with Crippen LogP contribution in [0.4, 0.5) is 0 Å². The Morgan fingerprint density at radius 1 is 0.706 bits per heavy atom. The molecule has 0 fully saturated rings. The lowest BCUT2D eigenvalue weighted by atomic mass is 9.86. The highest BCUT2D eigenvalue weighted by Gasteiger charge is 2.27. The van der Waals surface area contributed by atoms with Crippen LogP contribution in [-0.4, -0.2) is 12.5 Å². The highest BCUT2D eigenvalue weighted by molar-refractivity contribution is 7.80. The summed E-state index contributed by atoms with van der Waals surface area (Å²) in [5, 5.41) is 3.92. The van der Waals surface area contributed by atoms with E-state index in [0.717, 1.165) is 11.5 Å². The molecule has 0 aromatic heterocycles. The lowest BCUT2D eigenvalue weighted by Gasteiger charge is -2.22. The van der Waals surface area contributed by atoms with Crippen LogP contribution in [0.3, 0.4) is 0 Å². The Labute approximate surface area is 204 Å². The fourth-order valence-corrected chi connectivity index (χ4v) is 6.77. The lowest BCUT2D eigenvalue weighted by Crippen LogP contribution is -2.25. The SMILES string of the molecule is CC(C)(C)c1ccc([C@@H]2COC(c3ccccc3P(c3ccccc3)c3ccccc3)=N2)cc1. The molecule has 0 bridgehead atoms. The first-order valence-corrected chi connectivity index (χ1v) is 13.2. The second-order valence-electron chi connectivity index (χ2n) is 9.66. The summed E-state index contributed by atoms with van der Waals surface area (Å²) in [7, 11) is -0.730. The van der Waals surface area contributed by atoms with Gasteiger partial charge in [-0.15, -0.1) is 0 Å². The Kier molecular flexibility index (Phi) is 6.35. The number of ether oxygens (including phenoxy) is 1. The van der Waals surface area contributed by atoms with E-state index in [4.69, 9.17) is 9.73 Å². The number of aliphatic imine (C=N–C) groups is 1. The monoisotopic (exact) mass is 463 g/mol. The number of hydrogen-bond acceptors (Lipinski definition) is 2. The molecule has 4 aromatic rings. The molecule has 0 N–H and O–H groups in total. The van der Waals surface area contributed by atoms with Crippen molar-refractivity contribution in [3.05, 3.63) is 126 Å². The molecule has 5 rings (SSSR count). The average Bonchev–Trinajstić information content (AvgIpc) is 3.36. The molecule has 0 aliphatic carbocycles. The summed E-state index contributed by atoms with van der Waals surface area (Å²) >= 11 is 0. The predicted octanol–water partition coefficient (Wildman–Crippen LogP) is 6.26. The number of nitrogens with zero attached hydrogens (tertiary/aromatic N) is 1. The first-order chi connectivity index (χ1) is 16.5. The van der Waals surface area contributed by atoms with Gasteiger partial charge in [-0.05, 0) is 46.4 Å². The van der Waals surface area contributed by atoms with Gasteiger partial charge < -0.3 is 4.74 Å². The van der Waals surface area contributed by atoms with E-state index in [9.17, 15) is 0 Å². The smallest absolute Gasteiger partial charge is 0.217 e. The van der Waals surface area contributed by atoms with Gasteiger partial charge in [0, 0.05) is 5.56 Å². The van der Waals surface area contributed by atoms with Crippen LogP contribution < -0.4 is 15.9 Å². The lowest BCUT2D eigenvalue weighted by molar-refractivity contribution is 0.320. The Bertz CT molecular complexity index is 1240. The molecule has 170 valence electrons. The first kappa shape index (κ1) is 22.6. The topological polar surface area (TPSA) is 21.6 Å². The maximum Gasteiger partial charge on any atom is 0.217 e. The van der Waals surface area contributed by atoms with Gasteiger partial charge in [0.25, 0.3) is 0 Å². The van der Waals surface area contributed by atoms with Crippen LogP contribution in [0, 0.1) is 0 Å². The molecule has 4 aromatic carbocycles. The van der Waals surface area contributed by atoms with Crippen LogP contribution >= 0.6 is 7.92 Å². The molecule has 0 radical (unpaired) electrons. The van der Waals surface area contributed by atoms with Crippen LogP contribution in [0.2, 0.25) is 0 Å². The first-order valence-electron chi connectivity index (χ1n) is 11.8. The molecule has 0 saturated carbocycles. The molecule has 0 amide bonds. The van der Waals surface area contributed by atoms with Crippen molar-refractivity contribution >= 4 is 29.7 Å². The Morgan fingerprint density at radius 3 is 1.85 bits per heavy atom.